The molecule has 3 aromatic rings. The maximum absolute atomic E-state index is 12.5. The SMILES string of the molecule is Cc1ccc(NC(=O)C(=O)NCC(c2cccnc2)N2CCc3ccccc3C2)cc1Cl. The molecule has 7 heteroatoms. The van der Waals surface area contributed by atoms with Crippen LogP contribution in [0.15, 0.2) is 67.0 Å². The van der Waals surface area contributed by atoms with Gasteiger partial charge < -0.3 is 10.6 Å². The van der Waals surface area contributed by atoms with Gasteiger partial charge in [-0.15, -0.1) is 0 Å². The summed E-state index contributed by atoms with van der Waals surface area (Å²) in [5, 5.41) is 5.93. The fraction of sp³-hybridized carbons (Fsp3) is 0.240. The van der Waals surface area contributed by atoms with Crippen LogP contribution in [0.25, 0.3) is 0 Å². The Hall–Kier alpha value is -3.22. The second kappa shape index (κ2) is 9.94. The second-order valence-corrected chi connectivity index (χ2v) is 8.33. The zero-order valence-electron chi connectivity index (χ0n) is 17.8. The molecule has 1 atom stereocenters. The van der Waals surface area contributed by atoms with Gasteiger partial charge in [-0.25, -0.2) is 0 Å². The van der Waals surface area contributed by atoms with Crippen molar-refractivity contribution in [1.82, 2.24) is 15.2 Å². The van der Waals surface area contributed by atoms with Gasteiger partial charge in [-0.05, 0) is 53.8 Å². The van der Waals surface area contributed by atoms with Gasteiger partial charge >= 0.3 is 11.8 Å². The zero-order valence-corrected chi connectivity index (χ0v) is 18.6. The Kier molecular flexibility index (Phi) is 6.83. The summed E-state index contributed by atoms with van der Waals surface area (Å²) in [6, 6.07) is 17.3. The number of aryl methyl sites for hydroxylation is 1. The molecule has 164 valence electrons. The number of hydrogen-bond donors (Lipinski definition) is 2. The standard InChI is InChI=1S/C25H25ClN4O2/c1-17-8-9-21(13-22(17)26)29-25(32)24(31)28-15-23(19-7-4-11-27-14-19)30-12-10-18-5-2-3-6-20(18)16-30/h2-9,11,13-14,23H,10,12,15-16H2,1H3,(H,28,31)(H,29,32). The van der Waals surface area contributed by atoms with E-state index in [1.165, 1.54) is 11.1 Å². The summed E-state index contributed by atoms with van der Waals surface area (Å²) in [6.45, 7) is 3.81. The minimum atomic E-state index is -0.723. The topological polar surface area (TPSA) is 74.3 Å². The minimum Gasteiger partial charge on any atom is -0.346 e. The molecule has 0 saturated carbocycles. The number of amides is 2. The smallest absolute Gasteiger partial charge is 0.313 e. The summed E-state index contributed by atoms with van der Waals surface area (Å²) in [5.74, 6) is -1.41. The van der Waals surface area contributed by atoms with Crippen molar-refractivity contribution in [3.8, 4) is 0 Å². The van der Waals surface area contributed by atoms with Crippen LogP contribution in [0.2, 0.25) is 5.02 Å². The molecule has 0 saturated heterocycles. The first-order valence-corrected chi connectivity index (χ1v) is 10.9. The highest BCUT2D eigenvalue weighted by atomic mass is 35.5. The van der Waals surface area contributed by atoms with E-state index in [0.717, 1.165) is 30.6 Å². The largest absolute Gasteiger partial charge is 0.346 e. The molecule has 0 spiro atoms. The predicted octanol–water partition coefficient (Wildman–Crippen LogP) is 3.90. The lowest BCUT2D eigenvalue weighted by molar-refractivity contribution is -0.136. The van der Waals surface area contributed by atoms with Crippen molar-refractivity contribution >= 4 is 29.1 Å². The van der Waals surface area contributed by atoms with Gasteiger partial charge in [0.15, 0.2) is 0 Å². The highest BCUT2D eigenvalue weighted by Crippen LogP contribution is 2.27. The summed E-state index contributed by atoms with van der Waals surface area (Å²) < 4.78 is 0. The fourth-order valence-corrected chi connectivity index (χ4v) is 4.12. The third-order valence-electron chi connectivity index (χ3n) is 5.76. The summed E-state index contributed by atoms with van der Waals surface area (Å²) in [6.07, 6.45) is 4.48. The number of rotatable bonds is 5. The van der Waals surface area contributed by atoms with Crippen LogP contribution in [0.4, 0.5) is 5.69 Å². The molecule has 0 fully saturated rings. The van der Waals surface area contributed by atoms with E-state index < -0.39 is 11.8 Å². The summed E-state index contributed by atoms with van der Waals surface area (Å²) in [4.78, 5) is 31.5. The summed E-state index contributed by atoms with van der Waals surface area (Å²) in [7, 11) is 0. The predicted molar refractivity (Wildman–Crippen MR) is 125 cm³/mol. The number of fused-ring (bicyclic) bond motifs is 1. The number of aromatic nitrogens is 1. The van der Waals surface area contributed by atoms with E-state index in [1.54, 1.807) is 24.4 Å². The third-order valence-corrected chi connectivity index (χ3v) is 6.17. The molecule has 32 heavy (non-hydrogen) atoms. The Morgan fingerprint density at radius 3 is 2.66 bits per heavy atom. The van der Waals surface area contributed by atoms with Crippen molar-refractivity contribution < 1.29 is 9.59 Å². The van der Waals surface area contributed by atoms with E-state index in [2.05, 4.69) is 38.7 Å². The van der Waals surface area contributed by atoms with Crippen LogP contribution in [0.5, 0.6) is 0 Å². The monoisotopic (exact) mass is 448 g/mol. The van der Waals surface area contributed by atoms with E-state index in [1.807, 2.05) is 31.3 Å². The van der Waals surface area contributed by atoms with E-state index >= 15 is 0 Å². The molecule has 0 bridgehead atoms. The molecule has 0 aliphatic carbocycles. The molecule has 1 aliphatic rings. The summed E-state index contributed by atoms with van der Waals surface area (Å²) in [5.41, 5.74) is 5.02. The number of anilines is 1. The van der Waals surface area contributed by atoms with Crippen LogP contribution < -0.4 is 10.6 Å². The highest BCUT2D eigenvalue weighted by molar-refractivity contribution is 6.39. The van der Waals surface area contributed by atoms with Crippen molar-refractivity contribution in [1.29, 1.82) is 0 Å². The zero-order chi connectivity index (χ0) is 22.5. The average molecular weight is 449 g/mol. The molecular weight excluding hydrogens is 424 g/mol. The molecule has 1 aliphatic heterocycles. The number of halogens is 1. The average Bonchev–Trinajstić information content (AvgIpc) is 2.82. The van der Waals surface area contributed by atoms with Crippen molar-refractivity contribution in [3.63, 3.8) is 0 Å². The molecule has 2 heterocycles. The van der Waals surface area contributed by atoms with E-state index in [9.17, 15) is 9.59 Å². The lowest BCUT2D eigenvalue weighted by Crippen LogP contribution is -2.43. The fourth-order valence-electron chi connectivity index (χ4n) is 3.94. The number of pyridine rings is 1. The molecule has 2 aromatic carbocycles. The Labute approximate surface area is 192 Å². The quantitative estimate of drug-likeness (QED) is 0.580. The van der Waals surface area contributed by atoms with Gasteiger partial charge in [0.1, 0.15) is 0 Å². The Balaban J connectivity index is 1.44. The Bertz CT molecular complexity index is 1120. The van der Waals surface area contributed by atoms with Crippen LogP contribution in [-0.4, -0.2) is 34.8 Å². The highest BCUT2D eigenvalue weighted by Gasteiger charge is 2.26. The van der Waals surface area contributed by atoms with Crippen LogP contribution in [-0.2, 0) is 22.6 Å². The first kappa shape index (κ1) is 22.0. The first-order valence-electron chi connectivity index (χ1n) is 10.6. The van der Waals surface area contributed by atoms with Crippen molar-refractivity contribution in [2.24, 2.45) is 0 Å². The molecule has 6 nitrogen and oxygen atoms in total. The lowest BCUT2D eigenvalue weighted by Gasteiger charge is -2.35. The normalized spacial score (nSPS) is 14.3. The maximum atomic E-state index is 12.5. The number of hydrogen-bond acceptors (Lipinski definition) is 4. The molecular formula is C25H25ClN4O2. The summed E-state index contributed by atoms with van der Waals surface area (Å²) >= 11 is 6.11. The van der Waals surface area contributed by atoms with Gasteiger partial charge in [0.25, 0.3) is 0 Å². The van der Waals surface area contributed by atoms with Gasteiger partial charge in [-0.2, -0.15) is 0 Å². The number of nitrogens with zero attached hydrogens (tertiary/aromatic N) is 2. The van der Waals surface area contributed by atoms with Crippen molar-refractivity contribution in [2.75, 3.05) is 18.4 Å². The number of carbonyl (C=O) groups is 2. The molecule has 1 aromatic heterocycles. The number of nitrogens with one attached hydrogen (secondary N) is 2. The van der Waals surface area contributed by atoms with E-state index in [-0.39, 0.29) is 6.04 Å². The first-order chi connectivity index (χ1) is 15.5. The Morgan fingerprint density at radius 2 is 1.91 bits per heavy atom. The van der Waals surface area contributed by atoms with Crippen molar-refractivity contribution in [2.45, 2.75) is 25.9 Å². The van der Waals surface area contributed by atoms with Gasteiger partial charge in [0.2, 0.25) is 0 Å². The minimum absolute atomic E-state index is 0.0948. The lowest BCUT2D eigenvalue weighted by atomic mass is 9.97. The van der Waals surface area contributed by atoms with Crippen LogP contribution in [0.1, 0.15) is 28.3 Å². The van der Waals surface area contributed by atoms with Gasteiger partial charge in [0, 0.05) is 42.7 Å². The maximum Gasteiger partial charge on any atom is 0.313 e. The third kappa shape index (κ3) is 5.15. The molecule has 2 N–H and O–H groups in total. The molecule has 2 amide bonds. The van der Waals surface area contributed by atoms with Crippen LogP contribution in [0.3, 0.4) is 0 Å². The van der Waals surface area contributed by atoms with Gasteiger partial charge in [-0.1, -0.05) is 48.0 Å². The molecule has 1 unspecified atom stereocenters. The van der Waals surface area contributed by atoms with E-state index in [4.69, 9.17) is 11.6 Å². The molecule has 0 radical (unpaired) electrons. The van der Waals surface area contributed by atoms with Crippen molar-refractivity contribution in [3.05, 3.63) is 94.3 Å². The Morgan fingerprint density at radius 1 is 1.09 bits per heavy atom. The second-order valence-electron chi connectivity index (χ2n) is 7.92. The number of benzene rings is 2. The van der Waals surface area contributed by atoms with Gasteiger partial charge in [0.05, 0.1) is 6.04 Å². The van der Waals surface area contributed by atoms with Crippen LogP contribution in [0, 0.1) is 6.92 Å². The van der Waals surface area contributed by atoms with Gasteiger partial charge in [-0.3, -0.25) is 19.5 Å². The number of carbonyl (C=O) groups excluding carboxylic acids is 2. The molecule has 4 rings (SSSR count). The van der Waals surface area contributed by atoms with Crippen LogP contribution >= 0.6 is 11.6 Å². The van der Waals surface area contributed by atoms with E-state index in [0.29, 0.717) is 17.3 Å².